The van der Waals surface area contributed by atoms with Crippen molar-refractivity contribution in [2.75, 3.05) is 9.80 Å². The van der Waals surface area contributed by atoms with Crippen molar-refractivity contribution in [2.45, 2.75) is 0 Å². The molecule has 0 aliphatic rings. The Kier molecular flexibility index (Phi) is 8.56. The van der Waals surface area contributed by atoms with Crippen molar-refractivity contribution in [1.29, 1.82) is 0 Å². The molecule has 0 aliphatic heterocycles. The molecule has 0 atom stereocenters. The fraction of sp³-hybridized carbons (Fsp3) is 0. The Morgan fingerprint density at radius 1 is 0.261 bits per heavy atom. The summed E-state index contributed by atoms with van der Waals surface area (Å²) in [5.41, 5.74) is 11.0. The van der Waals surface area contributed by atoms with E-state index in [-0.39, 0.29) is 0 Å². The molecule has 0 saturated heterocycles. The van der Waals surface area contributed by atoms with Gasteiger partial charge in [-0.3, -0.25) is 0 Å². The Hall–Kier alpha value is -5.28. The van der Waals surface area contributed by atoms with Crippen LogP contribution in [0.1, 0.15) is 0 Å². The average Bonchev–Trinajstić information content (AvgIpc) is 3.10. The van der Waals surface area contributed by atoms with Crippen molar-refractivity contribution >= 4 is 57.3 Å². The van der Waals surface area contributed by atoms with E-state index in [0.29, 0.717) is 10.0 Å². The molecule has 46 heavy (non-hydrogen) atoms. The van der Waals surface area contributed by atoms with Crippen molar-refractivity contribution in [3.63, 3.8) is 0 Å². The number of rotatable bonds is 8. The quantitative estimate of drug-likeness (QED) is 0.164. The minimum atomic E-state index is 0.708. The molecular weight excluding hydrogens is 603 g/mol. The third kappa shape index (κ3) is 6.41. The van der Waals surface area contributed by atoms with E-state index in [9.17, 15) is 0 Å². The molecule has 4 heteroatoms. The molecule has 0 aromatic heterocycles. The van der Waals surface area contributed by atoms with Crippen LogP contribution in [0.5, 0.6) is 0 Å². The van der Waals surface area contributed by atoms with E-state index in [2.05, 4.69) is 143 Å². The molecule has 0 fully saturated rings. The highest BCUT2D eigenvalue weighted by Gasteiger charge is 2.14. The maximum atomic E-state index is 6.37. The fourth-order valence-electron chi connectivity index (χ4n) is 5.74. The molecule has 0 N–H and O–H groups in total. The second-order valence-corrected chi connectivity index (χ2v) is 11.8. The van der Waals surface area contributed by atoms with Crippen molar-refractivity contribution in [2.24, 2.45) is 0 Å². The van der Waals surface area contributed by atoms with E-state index < -0.39 is 0 Å². The van der Waals surface area contributed by atoms with Crippen LogP contribution in [0.3, 0.4) is 0 Å². The van der Waals surface area contributed by atoms with Crippen LogP contribution in [-0.2, 0) is 0 Å². The van der Waals surface area contributed by atoms with Gasteiger partial charge in [-0.15, -0.1) is 0 Å². The number of anilines is 6. The SMILES string of the molecule is Clc1cccc(N(c2ccccc2)c2ccc(-c3ccc(-c4ccc(N(c5ccccc5)c5cccc(Cl)c5)cc4)cc3)cc2)c1. The predicted octanol–water partition coefficient (Wildman–Crippen LogP) is 13.3. The molecule has 0 spiro atoms. The second-order valence-electron chi connectivity index (χ2n) is 11.0. The normalized spacial score (nSPS) is 10.8. The third-order valence-corrected chi connectivity index (χ3v) is 8.43. The number of para-hydroxylation sites is 2. The molecule has 222 valence electrons. The standard InChI is InChI=1S/C42H30Cl2N2/c43-35-9-7-15-41(29-35)45(37-11-3-1-4-12-37)39-25-21-33(22-26-39)31-17-19-32(20-18-31)34-23-27-40(28-24-34)46(38-13-5-2-6-14-38)42-16-8-10-36(44)30-42/h1-30H. The van der Waals surface area contributed by atoms with Gasteiger partial charge in [0.2, 0.25) is 0 Å². The molecular formula is C42H30Cl2N2. The Bertz CT molecular complexity index is 1890. The largest absolute Gasteiger partial charge is 0.310 e. The van der Waals surface area contributed by atoms with E-state index in [1.807, 2.05) is 48.5 Å². The summed E-state index contributed by atoms with van der Waals surface area (Å²) >= 11 is 12.7. The lowest BCUT2D eigenvalue weighted by Gasteiger charge is -2.26. The lowest BCUT2D eigenvalue weighted by Crippen LogP contribution is -2.09. The highest BCUT2D eigenvalue weighted by atomic mass is 35.5. The monoisotopic (exact) mass is 632 g/mol. The van der Waals surface area contributed by atoms with Crippen LogP contribution in [0, 0.1) is 0 Å². The molecule has 7 aromatic carbocycles. The number of hydrogen-bond acceptors (Lipinski definition) is 2. The first-order valence-corrected chi connectivity index (χ1v) is 15.9. The van der Waals surface area contributed by atoms with E-state index in [1.54, 1.807) is 0 Å². The van der Waals surface area contributed by atoms with Gasteiger partial charge in [-0.2, -0.15) is 0 Å². The van der Waals surface area contributed by atoms with Gasteiger partial charge < -0.3 is 9.80 Å². The Morgan fingerprint density at radius 3 is 0.870 bits per heavy atom. The van der Waals surface area contributed by atoms with E-state index >= 15 is 0 Å². The molecule has 0 aliphatic carbocycles. The van der Waals surface area contributed by atoms with Crippen LogP contribution in [0.2, 0.25) is 10.0 Å². The topological polar surface area (TPSA) is 6.48 Å². The van der Waals surface area contributed by atoms with Gasteiger partial charge in [0.15, 0.2) is 0 Å². The second kappa shape index (κ2) is 13.4. The van der Waals surface area contributed by atoms with Crippen molar-refractivity contribution in [1.82, 2.24) is 0 Å². The fourth-order valence-corrected chi connectivity index (χ4v) is 6.11. The third-order valence-electron chi connectivity index (χ3n) is 7.96. The molecule has 0 amide bonds. The first-order valence-electron chi connectivity index (χ1n) is 15.1. The average molecular weight is 634 g/mol. The molecule has 7 aromatic rings. The molecule has 2 nitrogen and oxygen atoms in total. The summed E-state index contributed by atoms with van der Waals surface area (Å²) in [6.07, 6.45) is 0. The maximum Gasteiger partial charge on any atom is 0.0476 e. The zero-order valence-electron chi connectivity index (χ0n) is 25.0. The van der Waals surface area contributed by atoms with Gasteiger partial charge in [-0.1, -0.05) is 120 Å². The van der Waals surface area contributed by atoms with Crippen LogP contribution in [0.15, 0.2) is 182 Å². The van der Waals surface area contributed by atoms with Gasteiger partial charge in [0.05, 0.1) is 0 Å². The lowest BCUT2D eigenvalue weighted by molar-refractivity contribution is 1.28. The smallest absolute Gasteiger partial charge is 0.0476 e. The van der Waals surface area contributed by atoms with Gasteiger partial charge in [0.25, 0.3) is 0 Å². The molecule has 0 radical (unpaired) electrons. The Labute approximate surface area is 280 Å². The molecule has 0 bridgehead atoms. The van der Waals surface area contributed by atoms with Gasteiger partial charge in [-0.05, 0) is 107 Å². The first-order chi connectivity index (χ1) is 22.6. The zero-order valence-corrected chi connectivity index (χ0v) is 26.5. The number of halogens is 2. The van der Waals surface area contributed by atoms with Crippen molar-refractivity contribution < 1.29 is 0 Å². The minimum Gasteiger partial charge on any atom is -0.310 e. The summed E-state index contributed by atoms with van der Waals surface area (Å²) in [7, 11) is 0. The number of hydrogen-bond donors (Lipinski definition) is 0. The zero-order chi connectivity index (χ0) is 31.3. The summed E-state index contributed by atoms with van der Waals surface area (Å²) in [4.78, 5) is 4.43. The summed E-state index contributed by atoms with van der Waals surface area (Å²) in [6.45, 7) is 0. The highest BCUT2D eigenvalue weighted by Crippen LogP contribution is 2.38. The molecule has 0 unspecified atom stereocenters. The van der Waals surface area contributed by atoms with Gasteiger partial charge in [-0.25, -0.2) is 0 Å². The molecule has 7 rings (SSSR count). The van der Waals surface area contributed by atoms with Gasteiger partial charge >= 0.3 is 0 Å². The summed E-state index contributed by atoms with van der Waals surface area (Å²) in [5, 5.41) is 1.42. The van der Waals surface area contributed by atoms with E-state index in [4.69, 9.17) is 23.2 Å². The maximum absolute atomic E-state index is 6.37. The molecule has 0 saturated carbocycles. The van der Waals surface area contributed by atoms with E-state index in [1.165, 1.54) is 0 Å². The van der Waals surface area contributed by atoms with Crippen molar-refractivity contribution in [3.8, 4) is 22.3 Å². The van der Waals surface area contributed by atoms with Crippen LogP contribution in [0.25, 0.3) is 22.3 Å². The van der Waals surface area contributed by atoms with Gasteiger partial charge in [0.1, 0.15) is 0 Å². The van der Waals surface area contributed by atoms with E-state index in [0.717, 1.165) is 56.4 Å². The number of nitrogens with zero attached hydrogens (tertiary/aromatic N) is 2. The summed E-state index contributed by atoms with van der Waals surface area (Å²) in [5.74, 6) is 0. The van der Waals surface area contributed by atoms with Crippen LogP contribution in [-0.4, -0.2) is 0 Å². The lowest BCUT2D eigenvalue weighted by atomic mass is 9.99. The minimum absolute atomic E-state index is 0.708. The van der Waals surface area contributed by atoms with Crippen LogP contribution in [0.4, 0.5) is 34.1 Å². The number of benzene rings is 7. The van der Waals surface area contributed by atoms with Crippen LogP contribution >= 0.6 is 23.2 Å². The first kappa shape index (κ1) is 29.4. The van der Waals surface area contributed by atoms with Crippen molar-refractivity contribution in [3.05, 3.63) is 192 Å². The highest BCUT2D eigenvalue weighted by molar-refractivity contribution is 6.31. The summed E-state index contributed by atoms with van der Waals surface area (Å²) in [6, 6.07) is 62.7. The Morgan fingerprint density at radius 2 is 0.543 bits per heavy atom. The molecule has 0 heterocycles. The Balaban J connectivity index is 1.13. The predicted molar refractivity (Wildman–Crippen MR) is 197 cm³/mol. The van der Waals surface area contributed by atoms with Gasteiger partial charge in [0, 0.05) is 44.2 Å². The van der Waals surface area contributed by atoms with Crippen LogP contribution < -0.4 is 9.80 Å². The summed E-state index contributed by atoms with van der Waals surface area (Å²) < 4.78 is 0.